The first-order valence-electron chi connectivity index (χ1n) is 4.19. The number of carbonyl (C=O) groups excluding carboxylic acids is 2. The van der Waals surface area contributed by atoms with Gasteiger partial charge in [0.2, 0.25) is 11.8 Å². The van der Waals surface area contributed by atoms with E-state index in [0.717, 1.165) is 0 Å². The Morgan fingerprint density at radius 2 is 1.93 bits per heavy atom. The van der Waals surface area contributed by atoms with Crippen LogP contribution in [0.5, 0.6) is 0 Å². The molecule has 14 heavy (non-hydrogen) atoms. The van der Waals surface area contributed by atoms with E-state index in [-0.39, 0.29) is 31.4 Å². The second-order valence-electron chi connectivity index (χ2n) is 2.83. The summed E-state index contributed by atoms with van der Waals surface area (Å²) < 4.78 is 0. The third-order valence-electron chi connectivity index (χ3n) is 1.49. The van der Waals surface area contributed by atoms with E-state index in [9.17, 15) is 9.59 Å². The van der Waals surface area contributed by atoms with Crippen molar-refractivity contribution in [2.75, 3.05) is 33.7 Å². The van der Waals surface area contributed by atoms with Crippen LogP contribution in [0.1, 0.15) is 0 Å². The minimum atomic E-state index is -0.186. The Labute approximate surface area is 83.8 Å². The maximum absolute atomic E-state index is 11.1. The van der Waals surface area contributed by atoms with E-state index in [1.807, 2.05) is 0 Å². The van der Waals surface area contributed by atoms with E-state index in [4.69, 9.17) is 6.42 Å². The third kappa shape index (κ3) is 6.03. The summed E-state index contributed by atoms with van der Waals surface area (Å²) in [5.41, 5.74) is 0. The number of rotatable bonds is 5. The molecular weight excluding hydrogens is 182 g/mol. The zero-order valence-corrected chi connectivity index (χ0v) is 8.46. The number of likely N-dealkylation sites (N-methyl/N-ethyl adjacent to an activating group) is 2. The molecular formula is C9H15N3O2. The maximum atomic E-state index is 11.1. The molecule has 78 valence electrons. The number of hydrogen-bond acceptors (Lipinski definition) is 3. The van der Waals surface area contributed by atoms with Crippen molar-refractivity contribution in [1.29, 1.82) is 0 Å². The zero-order chi connectivity index (χ0) is 11.0. The van der Waals surface area contributed by atoms with Gasteiger partial charge in [0, 0.05) is 7.05 Å². The fraction of sp³-hybridized carbons (Fsp3) is 0.556. The van der Waals surface area contributed by atoms with Gasteiger partial charge in [-0.05, 0) is 7.05 Å². The summed E-state index contributed by atoms with van der Waals surface area (Å²) in [7, 11) is 3.24. The first-order chi connectivity index (χ1) is 6.60. The molecule has 0 aromatic carbocycles. The van der Waals surface area contributed by atoms with Crippen LogP contribution in [0, 0.1) is 12.3 Å². The van der Waals surface area contributed by atoms with E-state index >= 15 is 0 Å². The van der Waals surface area contributed by atoms with Gasteiger partial charge < -0.3 is 10.6 Å². The molecule has 0 atom stereocenters. The van der Waals surface area contributed by atoms with Gasteiger partial charge in [-0.1, -0.05) is 5.92 Å². The lowest BCUT2D eigenvalue weighted by Crippen LogP contribution is -2.40. The Bertz CT molecular complexity index is 245. The molecule has 0 saturated heterocycles. The smallest absolute Gasteiger partial charge is 0.234 e. The van der Waals surface area contributed by atoms with E-state index in [1.165, 1.54) is 0 Å². The van der Waals surface area contributed by atoms with E-state index < -0.39 is 0 Å². The molecule has 0 aliphatic heterocycles. The van der Waals surface area contributed by atoms with Crippen LogP contribution in [0.4, 0.5) is 0 Å². The quantitative estimate of drug-likeness (QED) is 0.523. The van der Waals surface area contributed by atoms with Gasteiger partial charge in [0.15, 0.2) is 0 Å². The average Bonchev–Trinajstić information content (AvgIpc) is 2.14. The van der Waals surface area contributed by atoms with Crippen LogP contribution in [0.2, 0.25) is 0 Å². The highest BCUT2D eigenvalue weighted by atomic mass is 16.2. The summed E-state index contributed by atoms with van der Waals surface area (Å²) >= 11 is 0. The van der Waals surface area contributed by atoms with Gasteiger partial charge in [0.1, 0.15) is 0 Å². The third-order valence-corrected chi connectivity index (χ3v) is 1.49. The molecule has 0 aliphatic carbocycles. The number of carbonyl (C=O) groups is 2. The van der Waals surface area contributed by atoms with Crippen LogP contribution >= 0.6 is 0 Å². The topological polar surface area (TPSA) is 61.4 Å². The van der Waals surface area contributed by atoms with Gasteiger partial charge in [-0.3, -0.25) is 14.5 Å². The molecule has 0 aromatic heterocycles. The number of terminal acetylenes is 1. The molecule has 0 rings (SSSR count). The van der Waals surface area contributed by atoms with Gasteiger partial charge >= 0.3 is 0 Å². The van der Waals surface area contributed by atoms with Gasteiger partial charge in [-0.2, -0.15) is 0 Å². The molecule has 2 amide bonds. The van der Waals surface area contributed by atoms with Crippen molar-refractivity contribution in [2.45, 2.75) is 0 Å². The Morgan fingerprint density at radius 3 is 2.43 bits per heavy atom. The summed E-state index contributed by atoms with van der Waals surface area (Å²) in [5.74, 6) is 1.98. The van der Waals surface area contributed by atoms with E-state index in [2.05, 4.69) is 16.6 Å². The lowest BCUT2D eigenvalue weighted by molar-refractivity contribution is -0.124. The predicted octanol–water partition coefficient (Wildman–Crippen LogP) is -1.59. The lowest BCUT2D eigenvalue weighted by atomic mass is 10.4. The predicted molar refractivity (Wildman–Crippen MR) is 53.4 cm³/mol. The Hall–Kier alpha value is -1.54. The molecule has 0 unspecified atom stereocenters. The highest BCUT2D eigenvalue weighted by Crippen LogP contribution is 1.81. The largest absolute Gasteiger partial charge is 0.358 e. The summed E-state index contributed by atoms with van der Waals surface area (Å²) in [6.45, 7) is 0.571. The van der Waals surface area contributed by atoms with Crippen LogP contribution < -0.4 is 10.6 Å². The van der Waals surface area contributed by atoms with Crippen molar-refractivity contribution < 1.29 is 9.59 Å². The van der Waals surface area contributed by atoms with E-state index in [0.29, 0.717) is 0 Å². The van der Waals surface area contributed by atoms with Crippen molar-refractivity contribution in [1.82, 2.24) is 15.5 Å². The minimum absolute atomic E-state index is 0.128. The summed E-state index contributed by atoms with van der Waals surface area (Å²) in [4.78, 5) is 23.6. The summed E-state index contributed by atoms with van der Waals surface area (Å²) in [6.07, 6.45) is 4.97. The average molecular weight is 197 g/mol. The Kier molecular flexibility index (Phi) is 6.16. The Morgan fingerprint density at radius 1 is 1.36 bits per heavy atom. The van der Waals surface area contributed by atoms with E-state index in [1.54, 1.807) is 19.0 Å². The molecule has 0 radical (unpaired) electrons. The molecule has 0 spiro atoms. The number of hydrogen-bond donors (Lipinski definition) is 2. The second-order valence-corrected chi connectivity index (χ2v) is 2.83. The lowest BCUT2D eigenvalue weighted by Gasteiger charge is -2.14. The molecule has 5 nitrogen and oxygen atoms in total. The van der Waals surface area contributed by atoms with Crippen LogP contribution in [-0.2, 0) is 9.59 Å². The molecule has 5 heteroatoms. The number of amides is 2. The highest BCUT2D eigenvalue weighted by Gasteiger charge is 2.08. The van der Waals surface area contributed by atoms with Crippen LogP contribution in [0.25, 0.3) is 0 Å². The van der Waals surface area contributed by atoms with Crippen molar-refractivity contribution >= 4 is 11.8 Å². The molecule has 0 fully saturated rings. The van der Waals surface area contributed by atoms with Gasteiger partial charge in [0.05, 0.1) is 19.6 Å². The zero-order valence-electron chi connectivity index (χ0n) is 8.46. The minimum Gasteiger partial charge on any atom is -0.358 e. The van der Waals surface area contributed by atoms with Crippen molar-refractivity contribution in [2.24, 2.45) is 0 Å². The van der Waals surface area contributed by atoms with Gasteiger partial charge in [-0.15, -0.1) is 6.42 Å². The van der Waals surface area contributed by atoms with Crippen molar-refractivity contribution in [3.05, 3.63) is 0 Å². The van der Waals surface area contributed by atoms with Crippen molar-refractivity contribution in [3.63, 3.8) is 0 Å². The number of nitrogens with one attached hydrogen (secondary N) is 2. The van der Waals surface area contributed by atoms with Crippen LogP contribution in [0.3, 0.4) is 0 Å². The second kappa shape index (κ2) is 6.92. The standard InChI is InChI=1S/C9H15N3O2/c1-4-5-11-9(14)7-12(3)6-8(13)10-2/h1H,5-7H2,2-3H3,(H,10,13)(H,11,14). The molecule has 2 N–H and O–H groups in total. The molecule has 0 aromatic rings. The molecule has 0 bridgehead atoms. The molecule has 0 heterocycles. The van der Waals surface area contributed by atoms with Crippen molar-refractivity contribution in [3.8, 4) is 12.3 Å². The highest BCUT2D eigenvalue weighted by molar-refractivity contribution is 5.81. The summed E-state index contributed by atoms with van der Waals surface area (Å²) in [5, 5.41) is 4.97. The normalized spacial score (nSPS) is 9.29. The maximum Gasteiger partial charge on any atom is 0.234 e. The monoisotopic (exact) mass is 197 g/mol. The fourth-order valence-corrected chi connectivity index (χ4v) is 0.831. The number of nitrogens with zero attached hydrogens (tertiary/aromatic N) is 1. The molecule has 0 aliphatic rings. The fourth-order valence-electron chi connectivity index (χ4n) is 0.831. The van der Waals surface area contributed by atoms with Gasteiger partial charge in [-0.25, -0.2) is 0 Å². The summed E-state index contributed by atoms with van der Waals surface area (Å²) in [6, 6.07) is 0. The van der Waals surface area contributed by atoms with Gasteiger partial charge in [0.25, 0.3) is 0 Å². The first-order valence-corrected chi connectivity index (χ1v) is 4.19. The molecule has 0 saturated carbocycles. The van der Waals surface area contributed by atoms with Crippen LogP contribution in [0.15, 0.2) is 0 Å². The Balaban J connectivity index is 3.72. The first kappa shape index (κ1) is 12.5. The van der Waals surface area contributed by atoms with Crippen LogP contribution in [-0.4, -0.2) is 50.4 Å². The SMILES string of the molecule is C#CCNC(=O)CN(C)CC(=O)NC.